The standard InChI is InChI=1S/C21H26N8O2/c1-15-2-4-16(5-3-15)12-29-19(24-25-26-29)14-27-7-6-18-17(13-27)20(30)23-21(22-18)28-8-10-31-11-9-28/h2-5H,6-14H2,1H3,(H,22,23,30). The Morgan fingerprint density at radius 2 is 1.90 bits per heavy atom. The molecule has 1 fully saturated rings. The average molecular weight is 422 g/mol. The molecule has 1 N–H and O–H groups in total. The van der Waals surface area contributed by atoms with Crippen LogP contribution < -0.4 is 10.5 Å². The second kappa shape index (κ2) is 8.56. The second-order valence-corrected chi connectivity index (χ2v) is 8.11. The van der Waals surface area contributed by atoms with Gasteiger partial charge in [0.2, 0.25) is 5.95 Å². The minimum Gasteiger partial charge on any atom is -0.378 e. The fourth-order valence-corrected chi connectivity index (χ4v) is 4.05. The van der Waals surface area contributed by atoms with Crippen LogP contribution in [0.15, 0.2) is 29.1 Å². The van der Waals surface area contributed by atoms with E-state index in [2.05, 4.69) is 61.5 Å². The number of morpholine rings is 1. The van der Waals surface area contributed by atoms with E-state index >= 15 is 0 Å². The van der Waals surface area contributed by atoms with Crippen molar-refractivity contribution >= 4 is 5.95 Å². The Labute approximate surface area is 179 Å². The fourth-order valence-electron chi connectivity index (χ4n) is 4.05. The number of nitrogens with one attached hydrogen (secondary N) is 1. The first-order valence-corrected chi connectivity index (χ1v) is 10.6. The Bertz CT molecular complexity index is 1100. The van der Waals surface area contributed by atoms with Crippen molar-refractivity contribution < 1.29 is 4.74 Å². The predicted octanol–water partition coefficient (Wildman–Crippen LogP) is 0.508. The average Bonchev–Trinajstić information content (AvgIpc) is 3.22. The lowest BCUT2D eigenvalue weighted by molar-refractivity contribution is 0.122. The van der Waals surface area contributed by atoms with Crippen molar-refractivity contribution in [3.63, 3.8) is 0 Å². The molecule has 10 nitrogen and oxygen atoms in total. The SMILES string of the molecule is Cc1ccc(Cn2nnnc2CN2CCc3nc(N4CCOCC4)[nH]c(=O)c3C2)cc1. The van der Waals surface area contributed by atoms with Crippen LogP contribution in [0.25, 0.3) is 0 Å². The maximum absolute atomic E-state index is 12.8. The molecular weight excluding hydrogens is 396 g/mol. The van der Waals surface area contributed by atoms with Crippen LogP contribution in [-0.2, 0) is 30.8 Å². The molecule has 10 heteroatoms. The van der Waals surface area contributed by atoms with E-state index in [-0.39, 0.29) is 5.56 Å². The van der Waals surface area contributed by atoms with Gasteiger partial charge in [-0.15, -0.1) is 5.10 Å². The van der Waals surface area contributed by atoms with Gasteiger partial charge in [0.1, 0.15) is 0 Å². The first-order valence-electron chi connectivity index (χ1n) is 10.6. The molecule has 2 aromatic heterocycles. The van der Waals surface area contributed by atoms with Crippen LogP contribution in [0.3, 0.4) is 0 Å². The highest BCUT2D eigenvalue weighted by Crippen LogP contribution is 2.18. The third-order valence-electron chi connectivity index (χ3n) is 5.87. The van der Waals surface area contributed by atoms with Crippen LogP contribution >= 0.6 is 0 Å². The first kappa shape index (κ1) is 19.8. The Morgan fingerprint density at radius 1 is 1.10 bits per heavy atom. The number of H-pyrrole nitrogens is 1. The van der Waals surface area contributed by atoms with E-state index in [1.807, 2.05) is 4.68 Å². The van der Waals surface area contributed by atoms with Crippen molar-refractivity contribution in [2.75, 3.05) is 37.7 Å². The number of benzene rings is 1. The maximum Gasteiger partial charge on any atom is 0.257 e. The van der Waals surface area contributed by atoms with Gasteiger partial charge in [0.25, 0.3) is 5.56 Å². The third kappa shape index (κ3) is 4.35. The van der Waals surface area contributed by atoms with Crippen molar-refractivity contribution in [2.24, 2.45) is 0 Å². The molecular formula is C21H26N8O2. The molecule has 0 radical (unpaired) electrons. The maximum atomic E-state index is 12.8. The van der Waals surface area contributed by atoms with Crippen molar-refractivity contribution in [3.8, 4) is 0 Å². The molecule has 5 rings (SSSR count). The fraction of sp³-hybridized carbons (Fsp3) is 0.476. The molecule has 0 aliphatic carbocycles. The number of ether oxygens (including phenoxy) is 1. The van der Waals surface area contributed by atoms with E-state index in [1.165, 1.54) is 5.56 Å². The molecule has 1 aromatic carbocycles. The lowest BCUT2D eigenvalue weighted by Gasteiger charge is -2.30. The number of fused-ring (bicyclic) bond motifs is 1. The first-order chi connectivity index (χ1) is 15.2. The van der Waals surface area contributed by atoms with E-state index in [0.717, 1.165) is 48.7 Å². The summed E-state index contributed by atoms with van der Waals surface area (Å²) in [7, 11) is 0. The van der Waals surface area contributed by atoms with Crippen molar-refractivity contribution in [1.82, 2.24) is 35.1 Å². The summed E-state index contributed by atoms with van der Waals surface area (Å²) in [6.45, 7) is 7.44. The molecule has 4 heterocycles. The van der Waals surface area contributed by atoms with Crippen LogP contribution in [0.5, 0.6) is 0 Å². The number of tetrazole rings is 1. The number of aromatic amines is 1. The highest BCUT2D eigenvalue weighted by molar-refractivity contribution is 5.34. The van der Waals surface area contributed by atoms with Crippen LogP contribution in [0.1, 0.15) is 28.2 Å². The van der Waals surface area contributed by atoms with Crippen molar-refractivity contribution in [1.29, 1.82) is 0 Å². The van der Waals surface area contributed by atoms with Crippen LogP contribution in [0, 0.1) is 6.92 Å². The van der Waals surface area contributed by atoms with E-state index in [9.17, 15) is 4.79 Å². The Balaban J connectivity index is 1.29. The molecule has 1 saturated heterocycles. The topological polar surface area (TPSA) is 105 Å². The molecule has 2 aliphatic rings. The van der Waals surface area contributed by atoms with E-state index in [4.69, 9.17) is 9.72 Å². The van der Waals surface area contributed by atoms with Crippen molar-refractivity contribution in [2.45, 2.75) is 33.0 Å². The zero-order valence-electron chi connectivity index (χ0n) is 17.6. The lowest BCUT2D eigenvalue weighted by atomic mass is 10.1. The van der Waals surface area contributed by atoms with Crippen molar-refractivity contribution in [3.05, 3.63) is 62.8 Å². The summed E-state index contributed by atoms with van der Waals surface area (Å²) in [4.78, 5) is 24.8. The highest BCUT2D eigenvalue weighted by atomic mass is 16.5. The summed E-state index contributed by atoms with van der Waals surface area (Å²) in [6.07, 6.45) is 0.732. The van der Waals surface area contributed by atoms with Gasteiger partial charge in [-0.25, -0.2) is 9.67 Å². The molecule has 2 aliphatic heterocycles. The smallest absolute Gasteiger partial charge is 0.257 e. The van der Waals surface area contributed by atoms with Gasteiger partial charge in [-0.1, -0.05) is 29.8 Å². The minimum absolute atomic E-state index is 0.0598. The monoisotopic (exact) mass is 422 g/mol. The second-order valence-electron chi connectivity index (χ2n) is 8.11. The zero-order valence-corrected chi connectivity index (χ0v) is 17.6. The van der Waals surface area contributed by atoms with Gasteiger partial charge in [0.15, 0.2) is 5.82 Å². The molecule has 0 spiro atoms. The van der Waals surface area contributed by atoms with Crippen LogP contribution in [0.4, 0.5) is 5.95 Å². The Hall–Kier alpha value is -3.11. The zero-order chi connectivity index (χ0) is 21.2. The van der Waals surface area contributed by atoms with Gasteiger partial charge in [-0.2, -0.15) is 0 Å². The van der Waals surface area contributed by atoms with Gasteiger partial charge in [-0.05, 0) is 22.9 Å². The van der Waals surface area contributed by atoms with Gasteiger partial charge in [0.05, 0.1) is 37.6 Å². The highest BCUT2D eigenvalue weighted by Gasteiger charge is 2.24. The predicted molar refractivity (Wildman–Crippen MR) is 114 cm³/mol. The molecule has 162 valence electrons. The van der Waals surface area contributed by atoms with E-state index < -0.39 is 0 Å². The molecule has 0 atom stereocenters. The normalized spacial score (nSPS) is 17.0. The lowest BCUT2D eigenvalue weighted by Crippen LogP contribution is -2.41. The van der Waals surface area contributed by atoms with Gasteiger partial charge >= 0.3 is 0 Å². The van der Waals surface area contributed by atoms with Gasteiger partial charge in [-0.3, -0.25) is 14.7 Å². The molecule has 3 aromatic rings. The summed E-state index contributed by atoms with van der Waals surface area (Å²) < 4.78 is 7.22. The summed E-state index contributed by atoms with van der Waals surface area (Å²) in [5, 5.41) is 12.2. The van der Waals surface area contributed by atoms with Gasteiger partial charge in [0, 0.05) is 32.6 Å². The Morgan fingerprint density at radius 3 is 2.71 bits per heavy atom. The van der Waals surface area contributed by atoms with Gasteiger partial charge < -0.3 is 9.64 Å². The number of rotatable bonds is 5. The molecule has 0 saturated carbocycles. The number of aryl methyl sites for hydroxylation is 1. The molecule has 0 unspecified atom stereocenters. The summed E-state index contributed by atoms with van der Waals surface area (Å²) in [6, 6.07) is 8.36. The number of hydrogen-bond donors (Lipinski definition) is 1. The third-order valence-corrected chi connectivity index (χ3v) is 5.87. The number of nitrogens with zero attached hydrogens (tertiary/aromatic N) is 7. The van der Waals surface area contributed by atoms with E-state index in [0.29, 0.717) is 38.8 Å². The number of hydrogen-bond acceptors (Lipinski definition) is 8. The minimum atomic E-state index is -0.0598. The molecule has 31 heavy (non-hydrogen) atoms. The van der Waals surface area contributed by atoms with Crippen LogP contribution in [0.2, 0.25) is 0 Å². The summed E-state index contributed by atoms with van der Waals surface area (Å²) in [5.74, 6) is 1.45. The number of anilines is 1. The summed E-state index contributed by atoms with van der Waals surface area (Å²) in [5.41, 5.74) is 3.94. The van der Waals surface area contributed by atoms with Crippen LogP contribution in [-0.4, -0.2) is 67.9 Å². The summed E-state index contributed by atoms with van der Waals surface area (Å²) >= 11 is 0. The molecule has 0 bridgehead atoms. The largest absolute Gasteiger partial charge is 0.378 e. The van der Waals surface area contributed by atoms with E-state index in [1.54, 1.807) is 0 Å². The quantitative estimate of drug-likeness (QED) is 0.634. The number of aromatic nitrogens is 6. The Kier molecular flexibility index (Phi) is 5.47. The molecule has 0 amide bonds.